The van der Waals surface area contributed by atoms with Crippen LogP contribution in [-0.4, -0.2) is 19.6 Å². The molecule has 0 fully saturated rings. The van der Waals surface area contributed by atoms with Crippen molar-refractivity contribution in [2.45, 2.75) is 6.92 Å². The van der Waals surface area contributed by atoms with E-state index in [0.29, 0.717) is 0 Å². The molecule has 3 aromatic heterocycles. The Hall–Kier alpha value is -2.23. The lowest BCUT2D eigenvalue weighted by atomic mass is 10.2. The summed E-state index contributed by atoms with van der Waals surface area (Å²) in [6.07, 6.45) is 5.39. The number of pyridine rings is 2. The average Bonchev–Trinajstić information content (AvgIpc) is 2.76. The molecule has 0 atom stereocenters. The summed E-state index contributed by atoms with van der Waals surface area (Å²) in [6, 6.07) is 7.81. The van der Waals surface area contributed by atoms with Crippen molar-refractivity contribution in [3.63, 3.8) is 0 Å². The van der Waals surface area contributed by atoms with E-state index in [9.17, 15) is 0 Å². The van der Waals surface area contributed by atoms with E-state index in [0.717, 1.165) is 22.6 Å². The second-order valence-corrected chi connectivity index (χ2v) is 3.63. The van der Waals surface area contributed by atoms with Gasteiger partial charge in [-0.05, 0) is 30.7 Å². The standard InChI is InChI=1S/C12H10N4/c1-9-3-2-8-16-12(9)14-11(15-16)10-4-6-13-7-5-10/h2-8H,1H3. The van der Waals surface area contributed by atoms with E-state index in [1.165, 1.54) is 0 Å². The van der Waals surface area contributed by atoms with Crippen LogP contribution in [0.25, 0.3) is 17.0 Å². The first-order valence-corrected chi connectivity index (χ1v) is 5.07. The molecule has 3 aromatic rings. The fraction of sp³-hybridized carbons (Fsp3) is 0.0833. The summed E-state index contributed by atoms with van der Waals surface area (Å²) in [4.78, 5) is 8.49. The number of rotatable bonds is 1. The van der Waals surface area contributed by atoms with Gasteiger partial charge in [0.2, 0.25) is 0 Å². The van der Waals surface area contributed by atoms with Gasteiger partial charge < -0.3 is 0 Å². The molecule has 4 heteroatoms. The van der Waals surface area contributed by atoms with Crippen molar-refractivity contribution in [2.75, 3.05) is 0 Å². The van der Waals surface area contributed by atoms with Crippen molar-refractivity contribution < 1.29 is 0 Å². The van der Waals surface area contributed by atoms with Crippen molar-refractivity contribution in [2.24, 2.45) is 0 Å². The number of aryl methyl sites for hydroxylation is 1. The summed E-state index contributed by atoms with van der Waals surface area (Å²) in [5.74, 6) is 0.733. The van der Waals surface area contributed by atoms with E-state index >= 15 is 0 Å². The van der Waals surface area contributed by atoms with E-state index in [-0.39, 0.29) is 0 Å². The first kappa shape index (κ1) is 9.03. The van der Waals surface area contributed by atoms with Gasteiger partial charge in [0.1, 0.15) is 0 Å². The zero-order chi connectivity index (χ0) is 11.0. The molecule has 0 radical (unpaired) electrons. The van der Waals surface area contributed by atoms with E-state index in [4.69, 9.17) is 0 Å². The van der Waals surface area contributed by atoms with Crippen LogP contribution in [0.5, 0.6) is 0 Å². The van der Waals surface area contributed by atoms with Crippen LogP contribution in [0.4, 0.5) is 0 Å². The third-order valence-corrected chi connectivity index (χ3v) is 2.50. The second-order valence-electron chi connectivity index (χ2n) is 3.63. The Bertz CT molecular complexity index is 628. The molecular formula is C12H10N4. The summed E-state index contributed by atoms with van der Waals surface area (Å²) in [7, 11) is 0. The molecule has 0 saturated heterocycles. The highest BCUT2D eigenvalue weighted by Gasteiger charge is 2.06. The summed E-state index contributed by atoms with van der Waals surface area (Å²) in [6.45, 7) is 2.03. The number of aromatic nitrogens is 4. The van der Waals surface area contributed by atoms with E-state index in [1.807, 2.05) is 37.4 Å². The summed E-state index contributed by atoms with van der Waals surface area (Å²) in [5.41, 5.74) is 3.00. The molecule has 0 amide bonds. The van der Waals surface area contributed by atoms with Gasteiger partial charge in [-0.15, -0.1) is 5.10 Å². The van der Waals surface area contributed by atoms with Gasteiger partial charge in [-0.2, -0.15) is 0 Å². The zero-order valence-corrected chi connectivity index (χ0v) is 8.83. The molecule has 0 bridgehead atoms. The van der Waals surface area contributed by atoms with E-state index < -0.39 is 0 Å². The molecule has 0 saturated carbocycles. The predicted octanol–water partition coefficient (Wildman–Crippen LogP) is 2.10. The molecule has 0 aliphatic carbocycles. The molecule has 3 rings (SSSR count). The Morgan fingerprint density at radius 2 is 1.94 bits per heavy atom. The largest absolute Gasteiger partial charge is 0.265 e. The zero-order valence-electron chi connectivity index (χ0n) is 8.83. The fourth-order valence-electron chi connectivity index (χ4n) is 1.66. The normalized spacial score (nSPS) is 10.8. The monoisotopic (exact) mass is 210 g/mol. The number of nitrogens with zero attached hydrogens (tertiary/aromatic N) is 4. The molecule has 0 unspecified atom stereocenters. The maximum Gasteiger partial charge on any atom is 0.182 e. The third-order valence-electron chi connectivity index (χ3n) is 2.50. The Balaban J connectivity index is 2.23. The lowest BCUT2D eigenvalue weighted by molar-refractivity contribution is 0.960. The van der Waals surface area contributed by atoms with Gasteiger partial charge in [0, 0.05) is 24.2 Å². The van der Waals surface area contributed by atoms with Gasteiger partial charge in [0.05, 0.1) is 0 Å². The van der Waals surface area contributed by atoms with Crippen LogP contribution < -0.4 is 0 Å². The topological polar surface area (TPSA) is 43.1 Å². The smallest absolute Gasteiger partial charge is 0.182 e. The second kappa shape index (κ2) is 3.41. The first-order valence-electron chi connectivity index (χ1n) is 5.07. The van der Waals surface area contributed by atoms with Crippen molar-refractivity contribution in [1.82, 2.24) is 19.6 Å². The molecule has 0 N–H and O–H groups in total. The summed E-state index contributed by atoms with van der Waals surface area (Å²) < 4.78 is 1.80. The van der Waals surface area contributed by atoms with Crippen molar-refractivity contribution in [1.29, 1.82) is 0 Å². The predicted molar refractivity (Wildman–Crippen MR) is 61.0 cm³/mol. The minimum absolute atomic E-state index is 0.733. The number of hydrogen-bond donors (Lipinski definition) is 0. The molecule has 4 nitrogen and oxygen atoms in total. The fourth-order valence-corrected chi connectivity index (χ4v) is 1.66. The van der Waals surface area contributed by atoms with Crippen molar-refractivity contribution in [3.8, 4) is 11.4 Å². The molecule has 0 aromatic carbocycles. The first-order chi connectivity index (χ1) is 7.84. The Morgan fingerprint density at radius 3 is 2.69 bits per heavy atom. The van der Waals surface area contributed by atoms with Gasteiger partial charge in [-0.1, -0.05) is 6.07 Å². The Labute approximate surface area is 92.6 Å². The van der Waals surface area contributed by atoms with Gasteiger partial charge in [0.25, 0.3) is 0 Å². The molecule has 78 valence electrons. The van der Waals surface area contributed by atoms with Crippen LogP contribution in [0.1, 0.15) is 5.56 Å². The van der Waals surface area contributed by atoms with Gasteiger partial charge in [0.15, 0.2) is 11.5 Å². The molecule has 0 spiro atoms. The van der Waals surface area contributed by atoms with Crippen molar-refractivity contribution in [3.05, 3.63) is 48.4 Å². The van der Waals surface area contributed by atoms with E-state index in [2.05, 4.69) is 15.1 Å². The van der Waals surface area contributed by atoms with E-state index in [1.54, 1.807) is 16.9 Å². The SMILES string of the molecule is Cc1cccn2nc(-c3ccncc3)nc12. The molecule has 16 heavy (non-hydrogen) atoms. The van der Waals surface area contributed by atoms with Gasteiger partial charge in [-0.3, -0.25) is 4.98 Å². The quantitative estimate of drug-likeness (QED) is 0.617. The van der Waals surface area contributed by atoms with Crippen LogP contribution >= 0.6 is 0 Å². The molecule has 0 aliphatic heterocycles. The maximum atomic E-state index is 4.51. The van der Waals surface area contributed by atoms with Crippen LogP contribution in [-0.2, 0) is 0 Å². The van der Waals surface area contributed by atoms with Crippen LogP contribution in [0, 0.1) is 6.92 Å². The molecule has 3 heterocycles. The van der Waals surface area contributed by atoms with Crippen LogP contribution in [0.2, 0.25) is 0 Å². The highest BCUT2D eigenvalue weighted by Crippen LogP contribution is 2.16. The lowest BCUT2D eigenvalue weighted by Gasteiger charge is -1.92. The Morgan fingerprint density at radius 1 is 1.12 bits per heavy atom. The van der Waals surface area contributed by atoms with Crippen molar-refractivity contribution >= 4 is 5.65 Å². The number of fused-ring (bicyclic) bond motifs is 1. The summed E-state index contributed by atoms with van der Waals surface area (Å²) >= 11 is 0. The summed E-state index contributed by atoms with van der Waals surface area (Å²) in [5, 5.41) is 4.42. The van der Waals surface area contributed by atoms with Gasteiger partial charge in [-0.25, -0.2) is 9.50 Å². The Kier molecular flexibility index (Phi) is 1.93. The average molecular weight is 210 g/mol. The highest BCUT2D eigenvalue weighted by molar-refractivity contribution is 5.58. The van der Waals surface area contributed by atoms with Gasteiger partial charge >= 0.3 is 0 Å². The molecular weight excluding hydrogens is 200 g/mol. The molecule has 0 aliphatic rings. The van der Waals surface area contributed by atoms with Crippen LogP contribution in [0.3, 0.4) is 0 Å². The minimum atomic E-state index is 0.733. The highest BCUT2D eigenvalue weighted by atomic mass is 15.3. The third kappa shape index (κ3) is 1.35. The number of hydrogen-bond acceptors (Lipinski definition) is 3. The lowest BCUT2D eigenvalue weighted by Crippen LogP contribution is -1.87. The maximum absolute atomic E-state index is 4.51. The van der Waals surface area contributed by atoms with Crippen LogP contribution in [0.15, 0.2) is 42.9 Å². The minimum Gasteiger partial charge on any atom is -0.265 e.